The van der Waals surface area contributed by atoms with E-state index in [1.54, 1.807) is 7.11 Å². The van der Waals surface area contributed by atoms with Crippen molar-refractivity contribution in [2.75, 3.05) is 7.11 Å². The quantitative estimate of drug-likeness (QED) is 0.822. The molecule has 0 aliphatic heterocycles. The Labute approximate surface area is 90.4 Å². The minimum Gasteiger partial charge on any atom is -0.497 e. The van der Waals surface area contributed by atoms with E-state index in [4.69, 9.17) is 4.74 Å². The molecule has 0 aliphatic rings. The number of hydrogen-bond donors (Lipinski definition) is 1. The van der Waals surface area contributed by atoms with Gasteiger partial charge in [-0.25, -0.2) is 0 Å². The summed E-state index contributed by atoms with van der Waals surface area (Å²) in [5, 5.41) is 2.90. The lowest BCUT2D eigenvalue weighted by atomic mass is 10.1. The summed E-state index contributed by atoms with van der Waals surface area (Å²) in [7, 11) is 1.63. The van der Waals surface area contributed by atoms with E-state index in [0.29, 0.717) is 6.42 Å². The highest BCUT2D eigenvalue weighted by molar-refractivity contribution is 5.76. The summed E-state index contributed by atoms with van der Waals surface area (Å²) >= 11 is 0. The van der Waals surface area contributed by atoms with Crippen molar-refractivity contribution >= 4 is 5.91 Å². The molecule has 0 bridgehead atoms. The van der Waals surface area contributed by atoms with Crippen molar-refractivity contribution in [2.45, 2.75) is 26.3 Å². The second-order valence-electron chi connectivity index (χ2n) is 3.42. The third-order valence-corrected chi connectivity index (χ3v) is 2.29. The van der Waals surface area contributed by atoms with Crippen LogP contribution in [-0.4, -0.2) is 13.0 Å². The molecule has 0 aromatic heterocycles. The van der Waals surface area contributed by atoms with Crippen LogP contribution in [0.25, 0.3) is 0 Å². The van der Waals surface area contributed by atoms with Crippen LogP contribution in [0.15, 0.2) is 24.3 Å². The Morgan fingerprint density at radius 3 is 2.87 bits per heavy atom. The van der Waals surface area contributed by atoms with Gasteiger partial charge in [0.05, 0.1) is 13.2 Å². The third kappa shape index (κ3) is 3.27. The lowest BCUT2D eigenvalue weighted by Gasteiger charge is -2.14. The average Bonchev–Trinajstić information content (AvgIpc) is 2.28. The molecule has 1 aromatic rings. The Hall–Kier alpha value is -1.51. The Kier molecular flexibility index (Phi) is 4.16. The molecule has 3 nitrogen and oxygen atoms in total. The number of methoxy groups -OCH3 is 1. The van der Waals surface area contributed by atoms with E-state index in [2.05, 4.69) is 5.32 Å². The number of benzene rings is 1. The minimum atomic E-state index is 0.0209. The molecule has 15 heavy (non-hydrogen) atoms. The molecule has 1 rings (SSSR count). The van der Waals surface area contributed by atoms with Gasteiger partial charge < -0.3 is 10.1 Å². The molecule has 1 aromatic carbocycles. The fourth-order valence-electron chi connectivity index (χ4n) is 1.34. The van der Waals surface area contributed by atoms with Gasteiger partial charge in [0, 0.05) is 6.42 Å². The summed E-state index contributed by atoms with van der Waals surface area (Å²) in [5.74, 6) is 0.871. The number of amides is 1. The number of hydrogen-bond acceptors (Lipinski definition) is 2. The molecule has 3 heteroatoms. The molecule has 0 radical (unpaired) electrons. The van der Waals surface area contributed by atoms with Crippen molar-refractivity contribution in [3.05, 3.63) is 29.8 Å². The zero-order valence-corrected chi connectivity index (χ0v) is 9.41. The van der Waals surface area contributed by atoms with Crippen LogP contribution in [0.5, 0.6) is 5.75 Å². The van der Waals surface area contributed by atoms with Gasteiger partial charge in [-0.05, 0) is 24.6 Å². The molecular weight excluding hydrogens is 190 g/mol. The topological polar surface area (TPSA) is 38.3 Å². The SMILES string of the molecule is CCC(=O)N[C@H](C)c1cccc(OC)c1. The van der Waals surface area contributed by atoms with E-state index in [1.807, 2.05) is 38.1 Å². The normalized spacial score (nSPS) is 11.9. The molecule has 0 unspecified atom stereocenters. The number of carbonyl (C=O) groups is 1. The maximum atomic E-state index is 11.2. The van der Waals surface area contributed by atoms with Gasteiger partial charge in [-0.2, -0.15) is 0 Å². The Balaban J connectivity index is 2.72. The molecular formula is C12H17NO2. The first kappa shape index (κ1) is 11.6. The van der Waals surface area contributed by atoms with Crippen LogP contribution < -0.4 is 10.1 Å². The summed E-state index contributed by atoms with van der Waals surface area (Å²) in [6, 6.07) is 7.73. The van der Waals surface area contributed by atoms with E-state index in [9.17, 15) is 4.79 Å². The fourth-order valence-corrected chi connectivity index (χ4v) is 1.34. The molecule has 0 saturated heterocycles. The zero-order valence-electron chi connectivity index (χ0n) is 9.41. The molecule has 1 atom stereocenters. The molecule has 82 valence electrons. The molecule has 1 amide bonds. The van der Waals surface area contributed by atoms with Crippen LogP contribution in [0.1, 0.15) is 31.9 Å². The highest BCUT2D eigenvalue weighted by Crippen LogP contribution is 2.18. The second-order valence-corrected chi connectivity index (χ2v) is 3.42. The number of rotatable bonds is 4. The van der Waals surface area contributed by atoms with Crippen molar-refractivity contribution in [2.24, 2.45) is 0 Å². The number of ether oxygens (including phenoxy) is 1. The van der Waals surface area contributed by atoms with Crippen molar-refractivity contribution in [1.82, 2.24) is 5.32 Å². The lowest BCUT2D eigenvalue weighted by molar-refractivity contribution is -0.121. The summed E-state index contributed by atoms with van der Waals surface area (Å²) in [5.41, 5.74) is 1.05. The monoisotopic (exact) mass is 207 g/mol. The number of nitrogens with one attached hydrogen (secondary N) is 1. The summed E-state index contributed by atoms with van der Waals surface area (Å²) in [4.78, 5) is 11.2. The minimum absolute atomic E-state index is 0.0209. The smallest absolute Gasteiger partial charge is 0.220 e. The Morgan fingerprint density at radius 1 is 1.53 bits per heavy atom. The van der Waals surface area contributed by atoms with Crippen LogP contribution in [0.4, 0.5) is 0 Å². The number of carbonyl (C=O) groups excluding carboxylic acids is 1. The molecule has 0 fully saturated rings. The van der Waals surface area contributed by atoms with E-state index in [0.717, 1.165) is 11.3 Å². The van der Waals surface area contributed by atoms with Crippen molar-refractivity contribution in [1.29, 1.82) is 0 Å². The van der Waals surface area contributed by atoms with Gasteiger partial charge in [0.2, 0.25) is 5.91 Å². The first-order valence-corrected chi connectivity index (χ1v) is 5.10. The van der Waals surface area contributed by atoms with Gasteiger partial charge in [0.15, 0.2) is 0 Å². The standard InChI is InChI=1S/C12H17NO2/c1-4-12(14)13-9(2)10-6-5-7-11(8-10)15-3/h5-9H,4H2,1-3H3,(H,13,14)/t9-/m1/s1. The first-order chi connectivity index (χ1) is 7.17. The predicted molar refractivity (Wildman–Crippen MR) is 59.8 cm³/mol. The zero-order chi connectivity index (χ0) is 11.3. The van der Waals surface area contributed by atoms with Crippen LogP contribution in [0.2, 0.25) is 0 Å². The van der Waals surface area contributed by atoms with Crippen molar-refractivity contribution in [3.8, 4) is 5.75 Å². The largest absolute Gasteiger partial charge is 0.497 e. The van der Waals surface area contributed by atoms with Gasteiger partial charge in [0.1, 0.15) is 5.75 Å². The Morgan fingerprint density at radius 2 is 2.27 bits per heavy atom. The molecule has 0 aliphatic carbocycles. The fraction of sp³-hybridized carbons (Fsp3) is 0.417. The maximum Gasteiger partial charge on any atom is 0.220 e. The average molecular weight is 207 g/mol. The molecule has 1 N–H and O–H groups in total. The van der Waals surface area contributed by atoms with E-state index in [1.165, 1.54) is 0 Å². The van der Waals surface area contributed by atoms with Gasteiger partial charge in [-0.15, -0.1) is 0 Å². The highest BCUT2D eigenvalue weighted by atomic mass is 16.5. The maximum absolute atomic E-state index is 11.2. The molecule has 0 saturated carbocycles. The highest BCUT2D eigenvalue weighted by Gasteiger charge is 2.08. The molecule has 0 spiro atoms. The first-order valence-electron chi connectivity index (χ1n) is 5.10. The molecule has 0 heterocycles. The summed E-state index contributed by atoms with van der Waals surface area (Å²) in [6.45, 7) is 3.80. The van der Waals surface area contributed by atoms with E-state index >= 15 is 0 Å². The van der Waals surface area contributed by atoms with Gasteiger partial charge in [-0.1, -0.05) is 19.1 Å². The van der Waals surface area contributed by atoms with E-state index in [-0.39, 0.29) is 11.9 Å². The lowest BCUT2D eigenvalue weighted by Crippen LogP contribution is -2.25. The summed E-state index contributed by atoms with van der Waals surface area (Å²) in [6.07, 6.45) is 0.508. The van der Waals surface area contributed by atoms with Crippen LogP contribution in [0.3, 0.4) is 0 Å². The summed E-state index contributed by atoms with van der Waals surface area (Å²) < 4.78 is 5.12. The third-order valence-electron chi connectivity index (χ3n) is 2.29. The van der Waals surface area contributed by atoms with E-state index < -0.39 is 0 Å². The predicted octanol–water partition coefficient (Wildman–Crippen LogP) is 2.28. The second kappa shape index (κ2) is 5.39. The van der Waals surface area contributed by atoms with Gasteiger partial charge in [0.25, 0.3) is 0 Å². The van der Waals surface area contributed by atoms with Crippen molar-refractivity contribution in [3.63, 3.8) is 0 Å². The Bertz CT molecular complexity index is 336. The van der Waals surface area contributed by atoms with Gasteiger partial charge >= 0.3 is 0 Å². The van der Waals surface area contributed by atoms with Crippen LogP contribution in [-0.2, 0) is 4.79 Å². The van der Waals surface area contributed by atoms with Crippen LogP contribution in [0, 0.1) is 0 Å². The van der Waals surface area contributed by atoms with Crippen molar-refractivity contribution < 1.29 is 9.53 Å². The van der Waals surface area contributed by atoms with Crippen LogP contribution >= 0.6 is 0 Å². The van der Waals surface area contributed by atoms with Gasteiger partial charge in [-0.3, -0.25) is 4.79 Å².